The molecule has 0 aliphatic carbocycles. The third-order valence-corrected chi connectivity index (χ3v) is 2.69. The molecular weight excluding hydrogens is 254 g/mol. The van der Waals surface area contributed by atoms with Crippen LogP contribution in [0.15, 0.2) is 42.7 Å². The summed E-state index contributed by atoms with van der Waals surface area (Å²) in [6.07, 6.45) is 3.19. The van der Waals surface area contributed by atoms with Crippen molar-refractivity contribution in [3.63, 3.8) is 0 Å². The van der Waals surface area contributed by atoms with Gasteiger partial charge in [0.1, 0.15) is 12.4 Å². The van der Waals surface area contributed by atoms with Crippen LogP contribution < -0.4 is 4.74 Å². The molecule has 0 saturated heterocycles. The molecule has 1 aromatic carbocycles. The summed E-state index contributed by atoms with van der Waals surface area (Å²) in [7, 11) is 0. The van der Waals surface area contributed by atoms with Crippen molar-refractivity contribution in [2.45, 2.75) is 6.61 Å². The molecule has 18 heavy (non-hydrogen) atoms. The van der Waals surface area contributed by atoms with Crippen molar-refractivity contribution in [3.05, 3.63) is 58.9 Å². The number of carbonyl (C=O) groups is 1. The van der Waals surface area contributed by atoms with Crippen LogP contribution in [-0.2, 0) is 6.61 Å². The lowest BCUT2D eigenvalue weighted by Crippen LogP contribution is -1.98. The molecule has 0 fully saturated rings. The second-order valence-corrected chi connectivity index (χ2v) is 3.99. The zero-order valence-corrected chi connectivity index (χ0v) is 10.1. The van der Waals surface area contributed by atoms with Crippen LogP contribution in [-0.4, -0.2) is 16.1 Å². The van der Waals surface area contributed by atoms with Crippen molar-refractivity contribution in [2.75, 3.05) is 0 Å². The van der Waals surface area contributed by atoms with E-state index < -0.39 is 5.97 Å². The highest BCUT2D eigenvalue weighted by atomic mass is 35.5. The van der Waals surface area contributed by atoms with Crippen molar-refractivity contribution >= 4 is 17.6 Å². The molecule has 4 nitrogen and oxygen atoms in total. The number of carboxylic acid groups (broad SMARTS) is 1. The molecule has 0 aliphatic rings. The summed E-state index contributed by atoms with van der Waals surface area (Å²) in [5.41, 5.74) is 1.05. The van der Waals surface area contributed by atoms with Gasteiger partial charge in [0, 0.05) is 18.0 Å². The number of benzene rings is 1. The van der Waals surface area contributed by atoms with Crippen LogP contribution in [0.4, 0.5) is 0 Å². The second kappa shape index (κ2) is 5.51. The van der Waals surface area contributed by atoms with Gasteiger partial charge in [0.2, 0.25) is 0 Å². The summed E-state index contributed by atoms with van der Waals surface area (Å²) in [5, 5.41) is 9.30. The molecule has 1 heterocycles. The van der Waals surface area contributed by atoms with Crippen molar-refractivity contribution in [3.8, 4) is 5.75 Å². The number of aromatic carboxylic acids is 1. The second-order valence-electron chi connectivity index (χ2n) is 3.59. The summed E-state index contributed by atoms with van der Waals surface area (Å²) in [4.78, 5) is 14.5. The molecule has 2 rings (SSSR count). The minimum atomic E-state index is -0.960. The summed E-state index contributed by atoms with van der Waals surface area (Å²) in [6, 6.07) is 7.97. The Morgan fingerprint density at radius 1 is 1.28 bits per heavy atom. The third-order valence-electron chi connectivity index (χ3n) is 2.35. The Hall–Kier alpha value is -2.07. The van der Waals surface area contributed by atoms with Gasteiger partial charge in [0.25, 0.3) is 0 Å². The molecule has 0 unspecified atom stereocenters. The maximum absolute atomic E-state index is 10.7. The molecule has 0 aliphatic heterocycles. The van der Waals surface area contributed by atoms with Gasteiger partial charge in [-0.15, -0.1) is 0 Å². The van der Waals surface area contributed by atoms with Crippen molar-refractivity contribution in [1.29, 1.82) is 0 Å². The van der Waals surface area contributed by atoms with E-state index in [-0.39, 0.29) is 5.56 Å². The molecule has 0 amide bonds. The number of nitrogens with zero attached hydrogens (tertiary/aromatic N) is 1. The number of hydrogen-bond donors (Lipinski definition) is 1. The minimum Gasteiger partial charge on any atom is -0.489 e. The molecule has 0 bridgehead atoms. The Labute approximate surface area is 109 Å². The predicted molar refractivity (Wildman–Crippen MR) is 67.0 cm³/mol. The van der Waals surface area contributed by atoms with E-state index in [9.17, 15) is 4.79 Å². The summed E-state index contributed by atoms with van der Waals surface area (Å²) in [6.45, 7) is 0.313. The number of hydrogen-bond acceptors (Lipinski definition) is 3. The van der Waals surface area contributed by atoms with Crippen LogP contribution in [0.2, 0.25) is 5.02 Å². The number of carboxylic acids is 1. The largest absolute Gasteiger partial charge is 0.489 e. The molecule has 1 aromatic heterocycles. The maximum Gasteiger partial charge on any atom is 0.335 e. The molecule has 0 atom stereocenters. The van der Waals surface area contributed by atoms with E-state index >= 15 is 0 Å². The highest BCUT2D eigenvalue weighted by Crippen LogP contribution is 2.18. The Morgan fingerprint density at radius 3 is 2.61 bits per heavy atom. The summed E-state index contributed by atoms with van der Waals surface area (Å²) in [5.74, 6) is -0.369. The van der Waals surface area contributed by atoms with Gasteiger partial charge >= 0.3 is 5.97 Å². The highest BCUT2D eigenvalue weighted by molar-refractivity contribution is 6.31. The van der Waals surface area contributed by atoms with E-state index in [2.05, 4.69) is 4.98 Å². The van der Waals surface area contributed by atoms with E-state index in [0.717, 1.165) is 5.56 Å². The third kappa shape index (κ3) is 2.99. The first-order valence-corrected chi connectivity index (χ1v) is 5.59. The number of ether oxygens (including phenoxy) is 1. The van der Waals surface area contributed by atoms with E-state index in [0.29, 0.717) is 17.4 Å². The zero-order valence-electron chi connectivity index (χ0n) is 9.34. The predicted octanol–water partition coefficient (Wildman–Crippen LogP) is 3.01. The van der Waals surface area contributed by atoms with E-state index in [1.54, 1.807) is 30.6 Å². The topological polar surface area (TPSA) is 59.4 Å². The van der Waals surface area contributed by atoms with Crippen LogP contribution >= 0.6 is 11.6 Å². The smallest absolute Gasteiger partial charge is 0.335 e. The monoisotopic (exact) mass is 263 g/mol. The van der Waals surface area contributed by atoms with Gasteiger partial charge in [-0.2, -0.15) is 0 Å². The van der Waals surface area contributed by atoms with Gasteiger partial charge in [0.15, 0.2) is 0 Å². The minimum absolute atomic E-state index is 0.226. The van der Waals surface area contributed by atoms with Crippen molar-refractivity contribution in [1.82, 2.24) is 4.98 Å². The van der Waals surface area contributed by atoms with Crippen LogP contribution in [0.3, 0.4) is 0 Å². The summed E-state index contributed by atoms with van der Waals surface area (Å²) >= 11 is 5.94. The first-order valence-electron chi connectivity index (χ1n) is 5.21. The molecule has 92 valence electrons. The fraction of sp³-hybridized carbons (Fsp3) is 0.0769. The van der Waals surface area contributed by atoms with Gasteiger partial charge in [0.05, 0.1) is 10.6 Å². The zero-order chi connectivity index (χ0) is 13.0. The average Bonchev–Trinajstić information content (AvgIpc) is 2.38. The van der Waals surface area contributed by atoms with Gasteiger partial charge < -0.3 is 9.84 Å². The van der Waals surface area contributed by atoms with Crippen LogP contribution in [0.5, 0.6) is 5.75 Å². The Morgan fingerprint density at radius 2 is 2.00 bits per heavy atom. The Kier molecular flexibility index (Phi) is 3.79. The molecule has 0 saturated carbocycles. The quantitative estimate of drug-likeness (QED) is 0.921. The lowest BCUT2D eigenvalue weighted by Gasteiger charge is -2.07. The van der Waals surface area contributed by atoms with Crippen LogP contribution in [0, 0.1) is 0 Å². The Bertz CT molecular complexity index is 554. The van der Waals surface area contributed by atoms with Crippen LogP contribution in [0.25, 0.3) is 0 Å². The molecule has 0 radical (unpaired) electrons. The standard InChI is InChI=1S/C13H10ClNO3/c14-12-7-15-6-5-10(12)8-18-11-3-1-9(2-4-11)13(16)17/h1-7H,8H2,(H,16,17). The lowest BCUT2D eigenvalue weighted by atomic mass is 10.2. The normalized spacial score (nSPS) is 10.1. The number of pyridine rings is 1. The molecule has 5 heteroatoms. The maximum atomic E-state index is 10.7. The fourth-order valence-corrected chi connectivity index (χ4v) is 1.55. The molecule has 0 spiro atoms. The molecule has 1 N–H and O–H groups in total. The first-order chi connectivity index (χ1) is 8.66. The molecular formula is C13H10ClNO3. The lowest BCUT2D eigenvalue weighted by molar-refractivity contribution is 0.0697. The van der Waals surface area contributed by atoms with E-state index in [1.165, 1.54) is 12.1 Å². The van der Waals surface area contributed by atoms with E-state index in [1.807, 2.05) is 0 Å². The Balaban J connectivity index is 2.02. The SMILES string of the molecule is O=C(O)c1ccc(OCc2ccncc2Cl)cc1. The van der Waals surface area contributed by atoms with Gasteiger partial charge in [-0.05, 0) is 30.3 Å². The van der Waals surface area contributed by atoms with Gasteiger partial charge in [-0.1, -0.05) is 11.6 Å². The number of rotatable bonds is 4. The number of aromatic nitrogens is 1. The average molecular weight is 264 g/mol. The molecule has 2 aromatic rings. The van der Waals surface area contributed by atoms with Gasteiger partial charge in [-0.3, -0.25) is 4.98 Å². The highest BCUT2D eigenvalue weighted by Gasteiger charge is 2.03. The van der Waals surface area contributed by atoms with Crippen molar-refractivity contribution in [2.24, 2.45) is 0 Å². The van der Waals surface area contributed by atoms with Crippen molar-refractivity contribution < 1.29 is 14.6 Å². The summed E-state index contributed by atoms with van der Waals surface area (Å²) < 4.78 is 5.50. The van der Waals surface area contributed by atoms with E-state index in [4.69, 9.17) is 21.4 Å². The van der Waals surface area contributed by atoms with Crippen LogP contribution in [0.1, 0.15) is 15.9 Å². The fourth-order valence-electron chi connectivity index (χ4n) is 1.38. The number of halogens is 1. The first kappa shape index (κ1) is 12.4. The van der Waals surface area contributed by atoms with Gasteiger partial charge in [-0.25, -0.2) is 4.79 Å².